The second kappa shape index (κ2) is 6.87. The van der Waals surface area contributed by atoms with Crippen LogP contribution in [0.4, 0.5) is 18.9 Å². The van der Waals surface area contributed by atoms with E-state index in [0.29, 0.717) is 37.4 Å². The predicted octanol–water partition coefficient (Wildman–Crippen LogP) is 3.27. The fourth-order valence-corrected chi connectivity index (χ4v) is 2.84. The van der Waals surface area contributed by atoms with Crippen molar-refractivity contribution in [2.75, 3.05) is 37.8 Å². The fraction of sp³-hybridized carbons (Fsp3) is 0.412. The number of halogens is 3. The third-order valence-corrected chi connectivity index (χ3v) is 3.99. The summed E-state index contributed by atoms with van der Waals surface area (Å²) in [5, 5.41) is 0.487. The molecule has 0 unspecified atom stereocenters. The number of esters is 1. The summed E-state index contributed by atoms with van der Waals surface area (Å²) in [7, 11) is 0. The Bertz CT molecular complexity index is 787. The van der Waals surface area contributed by atoms with Gasteiger partial charge in [-0.3, -0.25) is 4.98 Å². The van der Waals surface area contributed by atoms with Crippen LogP contribution in [0.3, 0.4) is 0 Å². The molecule has 8 heteroatoms. The first-order valence-corrected chi connectivity index (χ1v) is 7.91. The van der Waals surface area contributed by atoms with Crippen molar-refractivity contribution >= 4 is 22.6 Å². The van der Waals surface area contributed by atoms with Crippen LogP contribution in [-0.2, 0) is 15.7 Å². The quantitative estimate of drug-likeness (QED) is 0.792. The number of ether oxygens (including phenoxy) is 2. The molecule has 2 aromatic rings. The number of alkyl halides is 3. The number of benzene rings is 1. The Morgan fingerprint density at radius 2 is 2.04 bits per heavy atom. The van der Waals surface area contributed by atoms with Crippen molar-refractivity contribution < 1.29 is 27.4 Å². The molecular formula is C17H17F3N2O3. The molecular weight excluding hydrogens is 337 g/mol. The van der Waals surface area contributed by atoms with Gasteiger partial charge in [0.05, 0.1) is 36.6 Å². The van der Waals surface area contributed by atoms with Gasteiger partial charge in [0, 0.05) is 24.7 Å². The molecule has 0 radical (unpaired) electrons. The lowest BCUT2D eigenvalue weighted by Gasteiger charge is -2.31. The van der Waals surface area contributed by atoms with Crippen LogP contribution in [0.1, 0.15) is 22.8 Å². The van der Waals surface area contributed by atoms with Gasteiger partial charge in [-0.05, 0) is 19.1 Å². The molecule has 1 aromatic heterocycles. The molecule has 0 N–H and O–H groups in total. The summed E-state index contributed by atoms with van der Waals surface area (Å²) in [5.41, 5.74) is 0.199. The molecule has 134 valence electrons. The number of carbonyl (C=O) groups is 1. The Morgan fingerprint density at radius 3 is 2.68 bits per heavy atom. The molecule has 0 bridgehead atoms. The standard InChI is InChI=1S/C17H17F3N2O3/c1-2-25-16(23)13-10-21-14-9-11(17(18,19)20)3-4-12(14)15(13)22-5-7-24-8-6-22/h3-4,9-10H,2,5-8H2,1H3. The predicted molar refractivity (Wildman–Crippen MR) is 85.7 cm³/mol. The molecule has 5 nitrogen and oxygen atoms in total. The van der Waals surface area contributed by atoms with Crippen molar-refractivity contribution in [3.8, 4) is 0 Å². The fourth-order valence-electron chi connectivity index (χ4n) is 2.84. The number of nitrogens with zero attached hydrogens (tertiary/aromatic N) is 2. The van der Waals surface area contributed by atoms with Crippen molar-refractivity contribution in [3.05, 3.63) is 35.5 Å². The van der Waals surface area contributed by atoms with Crippen molar-refractivity contribution in [1.29, 1.82) is 0 Å². The number of fused-ring (bicyclic) bond motifs is 1. The van der Waals surface area contributed by atoms with Crippen LogP contribution in [0.5, 0.6) is 0 Å². The van der Waals surface area contributed by atoms with Gasteiger partial charge in [-0.2, -0.15) is 13.2 Å². The van der Waals surface area contributed by atoms with E-state index in [1.807, 2.05) is 4.90 Å². The lowest BCUT2D eigenvalue weighted by molar-refractivity contribution is -0.137. The van der Waals surface area contributed by atoms with Crippen LogP contribution >= 0.6 is 0 Å². The van der Waals surface area contributed by atoms with Crippen LogP contribution in [0.2, 0.25) is 0 Å². The molecule has 0 atom stereocenters. The molecule has 25 heavy (non-hydrogen) atoms. The van der Waals surface area contributed by atoms with Gasteiger partial charge in [-0.15, -0.1) is 0 Å². The van der Waals surface area contributed by atoms with Gasteiger partial charge >= 0.3 is 12.1 Å². The first-order chi connectivity index (χ1) is 11.9. The highest BCUT2D eigenvalue weighted by atomic mass is 19.4. The van der Waals surface area contributed by atoms with Gasteiger partial charge in [0.1, 0.15) is 5.56 Å². The van der Waals surface area contributed by atoms with E-state index >= 15 is 0 Å². The van der Waals surface area contributed by atoms with Gasteiger partial charge in [0.2, 0.25) is 0 Å². The monoisotopic (exact) mass is 354 g/mol. The van der Waals surface area contributed by atoms with Gasteiger partial charge in [0.25, 0.3) is 0 Å². The van der Waals surface area contributed by atoms with E-state index < -0.39 is 17.7 Å². The molecule has 3 rings (SSSR count). The third kappa shape index (κ3) is 3.53. The summed E-state index contributed by atoms with van der Waals surface area (Å²) in [5.74, 6) is -0.543. The van der Waals surface area contributed by atoms with Crippen LogP contribution in [0.25, 0.3) is 10.9 Å². The number of morpholine rings is 1. The molecule has 0 saturated carbocycles. The molecule has 1 fully saturated rings. The summed E-state index contributed by atoms with van der Waals surface area (Å²) in [6, 6.07) is 3.36. The Kier molecular flexibility index (Phi) is 4.80. The number of aromatic nitrogens is 1. The normalized spacial score (nSPS) is 15.4. The minimum atomic E-state index is -4.45. The van der Waals surface area contributed by atoms with Crippen LogP contribution in [0.15, 0.2) is 24.4 Å². The van der Waals surface area contributed by atoms with E-state index in [9.17, 15) is 18.0 Å². The number of carbonyl (C=O) groups excluding carboxylic acids is 1. The topological polar surface area (TPSA) is 51.7 Å². The number of pyridine rings is 1. The van der Waals surface area contributed by atoms with E-state index in [0.717, 1.165) is 12.1 Å². The molecule has 2 heterocycles. The van der Waals surface area contributed by atoms with Crippen molar-refractivity contribution in [3.63, 3.8) is 0 Å². The van der Waals surface area contributed by atoms with Gasteiger partial charge in [0.15, 0.2) is 0 Å². The summed E-state index contributed by atoms with van der Waals surface area (Å²) < 4.78 is 49.2. The molecule has 1 aliphatic heterocycles. The lowest BCUT2D eigenvalue weighted by Crippen LogP contribution is -2.37. The number of hydrogen-bond donors (Lipinski definition) is 0. The Balaban J connectivity index is 2.17. The largest absolute Gasteiger partial charge is 0.462 e. The Morgan fingerprint density at radius 1 is 1.32 bits per heavy atom. The van der Waals surface area contributed by atoms with Crippen LogP contribution < -0.4 is 4.90 Å². The zero-order valence-electron chi connectivity index (χ0n) is 13.6. The third-order valence-electron chi connectivity index (χ3n) is 3.99. The van der Waals surface area contributed by atoms with E-state index in [1.54, 1.807) is 6.92 Å². The van der Waals surface area contributed by atoms with Gasteiger partial charge in [-0.25, -0.2) is 4.79 Å². The van der Waals surface area contributed by atoms with Crippen molar-refractivity contribution in [1.82, 2.24) is 4.98 Å². The highest BCUT2D eigenvalue weighted by Crippen LogP contribution is 2.35. The zero-order valence-corrected chi connectivity index (χ0v) is 13.6. The number of hydrogen-bond acceptors (Lipinski definition) is 5. The summed E-state index contributed by atoms with van der Waals surface area (Å²) in [6.07, 6.45) is -3.17. The molecule has 0 spiro atoms. The lowest BCUT2D eigenvalue weighted by atomic mass is 10.0. The summed E-state index contributed by atoms with van der Waals surface area (Å²) in [6.45, 7) is 3.92. The van der Waals surface area contributed by atoms with E-state index in [-0.39, 0.29) is 17.7 Å². The molecule has 1 aliphatic rings. The molecule has 0 amide bonds. The van der Waals surface area contributed by atoms with Crippen LogP contribution in [-0.4, -0.2) is 43.9 Å². The second-order valence-corrected chi connectivity index (χ2v) is 5.57. The van der Waals surface area contributed by atoms with E-state index in [1.165, 1.54) is 12.3 Å². The van der Waals surface area contributed by atoms with Crippen molar-refractivity contribution in [2.24, 2.45) is 0 Å². The van der Waals surface area contributed by atoms with E-state index in [2.05, 4.69) is 4.98 Å². The van der Waals surface area contributed by atoms with Gasteiger partial charge in [-0.1, -0.05) is 6.07 Å². The minimum absolute atomic E-state index is 0.185. The number of rotatable bonds is 3. The molecule has 1 saturated heterocycles. The molecule has 1 aromatic carbocycles. The highest BCUT2D eigenvalue weighted by molar-refractivity contribution is 6.05. The molecule has 0 aliphatic carbocycles. The zero-order chi connectivity index (χ0) is 18.0. The summed E-state index contributed by atoms with van der Waals surface area (Å²) in [4.78, 5) is 18.3. The SMILES string of the molecule is CCOC(=O)c1cnc2cc(C(F)(F)F)ccc2c1N1CCOCC1. The maximum absolute atomic E-state index is 13.0. The van der Waals surface area contributed by atoms with E-state index in [4.69, 9.17) is 9.47 Å². The number of anilines is 1. The maximum atomic E-state index is 13.0. The van der Waals surface area contributed by atoms with Crippen molar-refractivity contribution in [2.45, 2.75) is 13.1 Å². The van der Waals surface area contributed by atoms with Crippen LogP contribution in [0, 0.1) is 0 Å². The second-order valence-electron chi connectivity index (χ2n) is 5.57. The maximum Gasteiger partial charge on any atom is 0.416 e. The average molecular weight is 354 g/mol. The Labute approximate surface area is 142 Å². The smallest absolute Gasteiger partial charge is 0.416 e. The first kappa shape index (κ1) is 17.5. The highest BCUT2D eigenvalue weighted by Gasteiger charge is 2.31. The average Bonchev–Trinajstić information content (AvgIpc) is 2.60. The Hall–Kier alpha value is -2.35. The summed E-state index contributed by atoms with van der Waals surface area (Å²) >= 11 is 0. The van der Waals surface area contributed by atoms with Gasteiger partial charge < -0.3 is 14.4 Å². The minimum Gasteiger partial charge on any atom is -0.462 e. The first-order valence-electron chi connectivity index (χ1n) is 7.91.